The van der Waals surface area contributed by atoms with Crippen molar-refractivity contribution in [3.8, 4) is 0 Å². The minimum absolute atomic E-state index is 0.0870. The molecule has 0 amide bonds. The fraction of sp³-hybridized carbons (Fsp3) is 0.825. The Morgan fingerprint density at radius 3 is 1.68 bits per heavy atom. The van der Waals surface area contributed by atoms with E-state index in [0.29, 0.717) is 13.0 Å². The highest BCUT2D eigenvalue weighted by Crippen LogP contribution is 2.47. The first kappa shape index (κ1) is 49.6. The second-order valence-corrected chi connectivity index (χ2v) is 15.5. The third kappa shape index (κ3) is 24.6. The molecule has 0 aromatic rings. The topological polar surface area (TPSA) is 192 Å². The Bertz CT molecular complexity index is 1020. The molecule has 0 aliphatic heterocycles. The Morgan fingerprint density at radius 2 is 1.09 bits per heavy atom. The first-order chi connectivity index (χ1) is 25.5. The van der Waals surface area contributed by atoms with E-state index in [9.17, 15) is 39.8 Å². The fourth-order valence-electron chi connectivity index (χ4n) is 5.92. The first-order valence-corrected chi connectivity index (χ1v) is 21.8. The highest BCUT2D eigenvalue weighted by atomic mass is 31.2. The van der Waals surface area contributed by atoms with Crippen molar-refractivity contribution >= 4 is 13.8 Å². The van der Waals surface area contributed by atoms with E-state index in [0.717, 1.165) is 83.5 Å². The van der Waals surface area contributed by atoms with Gasteiger partial charge in [0.05, 0.1) is 13.2 Å². The number of phosphoric acid groups is 1. The van der Waals surface area contributed by atoms with Gasteiger partial charge in [0.2, 0.25) is 0 Å². The number of ether oxygens (including phenoxy) is 2. The number of aliphatic hydroxyl groups excluding tert-OH is 5. The lowest BCUT2D eigenvalue weighted by molar-refractivity contribution is -0.220. The Labute approximate surface area is 319 Å². The second kappa shape index (κ2) is 31.7. The number of aliphatic hydroxyl groups is 5. The predicted octanol–water partition coefficient (Wildman–Crippen LogP) is 7.14. The Morgan fingerprint density at radius 1 is 0.604 bits per heavy atom. The highest BCUT2D eigenvalue weighted by Gasteiger charge is 2.51. The summed E-state index contributed by atoms with van der Waals surface area (Å²) in [6.45, 7) is 4.12. The number of hydrogen-bond acceptors (Lipinski definition) is 11. The zero-order chi connectivity index (χ0) is 39.2. The van der Waals surface area contributed by atoms with Gasteiger partial charge in [-0.05, 0) is 64.2 Å². The van der Waals surface area contributed by atoms with Gasteiger partial charge in [0.1, 0.15) is 42.7 Å². The molecule has 0 aromatic carbocycles. The van der Waals surface area contributed by atoms with Crippen molar-refractivity contribution in [3.63, 3.8) is 0 Å². The summed E-state index contributed by atoms with van der Waals surface area (Å²) < 4.78 is 34.0. The summed E-state index contributed by atoms with van der Waals surface area (Å²) in [7, 11) is -5.01. The van der Waals surface area contributed by atoms with E-state index in [1.54, 1.807) is 0 Å². The SMILES string of the molecule is CCC/C=C\CCCCCCCCOCC(COP(=O)(O)OC1C(O)C(O)C(O)C(O)C1O)OC(=O)CCCCCCC/C=C\C/C=C\CCCCC. The molecule has 1 saturated carbocycles. The highest BCUT2D eigenvalue weighted by molar-refractivity contribution is 7.47. The fourth-order valence-corrected chi connectivity index (χ4v) is 6.89. The van der Waals surface area contributed by atoms with E-state index in [1.807, 2.05) is 0 Å². The quantitative estimate of drug-likeness (QED) is 0.0171. The van der Waals surface area contributed by atoms with Gasteiger partial charge in [-0.25, -0.2) is 4.57 Å². The van der Waals surface area contributed by atoms with Crippen molar-refractivity contribution in [3.05, 3.63) is 36.5 Å². The molecular weight excluding hydrogens is 703 g/mol. The van der Waals surface area contributed by atoms with Crippen LogP contribution in [0.15, 0.2) is 36.5 Å². The van der Waals surface area contributed by atoms with Crippen molar-refractivity contribution in [1.82, 2.24) is 0 Å². The zero-order valence-corrected chi connectivity index (χ0v) is 33.5. The molecule has 0 heterocycles. The molecule has 0 radical (unpaired) electrons. The number of esters is 1. The number of carbonyl (C=O) groups excluding carboxylic acids is 1. The molecular formula is C40H73O12P. The smallest absolute Gasteiger partial charge is 0.457 e. The molecule has 13 heteroatoms. The number of phosphoric ester groups is 1. The number of unbranched alkanes of at least 4 members (excludes halogenated alkanes) is 15. The molecule has 1 fully saturated rings. The van der Waals surface area contributed by atoms with E-state index in [4.69, 9.17) is 18.5 Å². The number of hydrogen-bond donors (Lipinski definition) is 6. The van der Waals surface area contributed by atoms with Gasteiger partial charge in [-0.2, -0.15) is 0 Å². The van der Waals surface area contributed by atoms with Crippen molar-refractivity contribution in [2.24, 2.45) is 0 Å². The molecule has 0 saturated heterocycles. The third-order valence-corrected chi connectivity index (χ3v) is 10.2. The van der Waals surface area contributed by atoms with Gasteiger partial charge in [-0.15, -0.1) is 0 Å². The lowest BCUT2D eigenvalue weighted by Gasteiger charge is -2.41. The summed E-state index contributed by atoms with van der Waals surface area (Å²) in [5.41, 5.74) is 0. The monoisotopic (exact) mass is 776 g/mol. The molecule has 6 unspecified atom stereocenters. The molecule has 1 aliphatic rings. The van der Waals surface area contributed by atoms with E-state index in [-0.39, 0.29) is 13.0 Å². The van der Waals surface area contributed by atoms with Gasteiger partial charge in [0.25, 0.3) is 0 Å². The normalized spacial score (nSPS) is 24.0. The summed E-state index contributed by atoms with van der Waals surface area (Å²) in [6, 6.07) is 0. The van der Waals surface area contributed by atoms with Crippen LogP contribution in [0, 0.1) is 0 Å². The van der Waals surface area contributed by atoms with Crippen molar-refractivity contribution in [2.75, 3.05) is 19.8 Å². The first-order valence-electron chi connectivity index (χ1n) is 20.3. The van der Waals surface area contributed by atoms with Gasteiger partial charge >= 0.3 is 13.8 Å². The number of carbonyl (C=O) groups is 1. The Balaban J connectivity index is 2.47. The number of rotatable bonds is 33. The van der Waals surface area contributed by atoms with Crippen LogP contribution in [0.4, 0.5) is 0 Å². The van der Waals surface area contributed by atoms with Gasteiger partial charge in [0, 0.05) is 13.0 Å². The van der Waals surface area contributed by atoms with Crippen molar-refractivity contribution < 1.29 is 58.3 Å². The predicted molar refractivity (Wildman–Crippen MR) is 207 cm³/mol. The molecule has 6 atom stereocenters. The molecule has 12 nitrogen and oxygen atoms in total. The maximum Gasteiger partial charge on any atom is 0.472 e. The molecule has 1 rings (SSSR count). The molecule has 6 N–H and O–H groups in total. The molecule has 53 heavy (non-hydrogen) atoms. The average Bonchev–Trinajstić information content (AvgIpc) is 3.14. The van der Waals surface area contributed by atoms with Crippen LogP contribution in [0.2, 0.25) is 0 Å². The molecule has 0 spiro atoms. The van der Waals surface area contributed by atoms with Gasteiger partial charge in [-0.3, -0.25) is 13.8 Å². The summed E-state index contributed by atoms with van der Waals surface area (Å²) in [5.74, 6) is -0.496. The zero-order valence-electron chi connectivity index (χ0n) is 32.6. The van der Waals surface area contributed by atoms with E-state index >= 15 is 0 Å². The Kier molecular flexibility index (Phi) is 29.7. The van der Waals surface area contributed by atoms with Gasteiger partial charge < -0.3 is 39.9 Å². The van der Waals surface area contributed by atoms with E-state index in [1.165, 1.54) is 38.5 Å². The van der Waals surface area contributed by atoms with Crippen LogP contribution in [0.5, 0.6) is 0 Å². The summed E-state index contributed by atoms with van der Waals surface area (Å²) in [5, 5.41) is 50.0. The van der Waals surface area contributed by atoms with E-state index < -0.39 is 63.1 Å². The lowest BCUT2D eigenvalue weighted by Crippen LogP contribution is -2.64. The Hall–Kier alpha value is -1.44. The average molecular weight is 777 g/mol. The van der Waals surface area contributed by atoms with Crippen molar-refractivity contribution in [2.45, 2.75) is 191 Å². The van der Waals surface area contributed by atoms with Crippen molar-refractivity contribution in [1.29, 1.82) is 0 Å². The number of allylic oxidation sites excluding steroid dienone is 6. The molecule has 0 aromatic heterocycles. The maximum absolute atomic E-state index is 12.7. The standard InChI is InChI=1S/C40H73O12P/c1-3-5-7-9-11-13-15-16-17-18-19-21-23-25-27-29-34(41)51-33(31-49-30-28-26-24-22-20-14-12-10-8-6-4-2)32-50-53(47,48)52-40-38(45)36(43)35(42)37(44)39(40)46/h8,10-11,13,16-17,33,35-40,42-46H,3-7,9,12,14-15,18-32H2,1-2H3,(H,47,48)/b10-8-,13-11-,17-16-. The van der Waals surface area contributed by atoms with E-state index in [2.05, 4.69) is 50.3 Å². The lowest BCUT2D eigenvalue weighted by atomic mass is 9.85. The van der Waals surface area contributed by atoms with Gasteiger partial charge in [-0.1, -0.05) is 115 Å². The van der Waals surface area contributed by atoms with Crippen LogP contribution in [0.3, 0.4) is 0 Å². The van der Waals surface area contributed by atoms with Crippen LogP contribution in [0.25, 0.3) is 0 Å². The molecule has 0 bridgehead atoms. The van der Waals surface area contributed by atoms with Crippen LogP contribution in [-0.4, -0.2) is 98.9 Å². The van der Waals surface area contributed by atoms with Crippen LogP contribution in [0.1, 0.15) is 149 Å². The minimum Gasteiger partial charge on any atom is -0.457 e. The van der Waals surface area contributed by atoms with Crippen LogP contribution in [-0.2, 0) is 27.9 Å². The molecule has 1 aliphatic carbocycles. The second-order valence-electron chi connectivity index (χ2n) is 14.1. The largest absolute Gasteiger partial charge is 0.472 e. The summed E-state index contributed by atoms with van der Waals surface area (Å²) >= 11 is 0. The van der Waals surface area contributed by atoms with Crippen LogP contribution < -0.4 is 0 Å². The van der Waals surface area contributed by atoms with Crippen LogP contribution >= 0.6 is 7.82 Å². The van der Waals surface area contributed by atoms with Gasteiger partial charge in [0.15, 0.2) is 0 Å². The summed E-state index contributed by atoms with van der Waals surface area (Å²) in [6.07, 6.45) is 22.2. The minimum atomic E-state index is -5.01. The molecule has 310 valence electrons. The third-order valence-electron chi connectivity index (χ3n) is 9.22. The summed E-state index contributed by atoms with van der Waals surface area (Å²) in [4.78, 5) is 23.0. The maximum atomic E-state index is 12.7.